The van der Waals surface area contributed by atoms with Crippen molar-refractivity contribution in [2.45, 2.75) is 13.3 Å². The maximum absolute atomic E-state index is 12.9. The molecule has 1 unspecified atom stereocenters. The lowest BCUT2D eigenvalue weighted by Gasteiger charge is -2.27. The lowest BCUT2D eigenvalue weighted by Crippen LogP contribution is -2.38. The Morgan fingerprint density at radius 3 is 2.66 bits per heavy atom. The van der Waals surface area contributed by atoms with E-state index in [0.29, 0.717) is 19.6 Å². The Kier molecular flexibility index (Phi) is 5.33. The Morgan fingerprint density at radius 2 is 1.90 bits per heavy atom. The van der Waals surface area contributed by atoms with E-state index in [1.165, 1.54) is 6.07 Å². The summed E-state index contributed by atoms with van der Waals surface area (Å²) in [6.07, 6.45) is 4.37. The van der Waals surface area contributed by atoms with Crippen molar-refractivity contribution in [2.75, 3.05) is 18.2 Å². The lowest BCUT2D eigenvalue weighted by molar-refractivity contribution is -0.146. The summed E-state index contributed by atoms with van der Waals surface area (Å²) in [6.45, 7) is 2.65. The van der Waals surface area contributed by atoms with Gasteiger partial charge in [-0.3, -0.25) is 9.80 Å². The Bertz CT molecular complexity index is 1030. The van der Waals surface area contributed by atoms with Gasteiger partial charge < -0.3 is 9.84 Å². The molecule has 0 spiro atoms. The summed E-state index contributed by atoms with van der Waals surface area (Å²) >= 11 is 0. The fourth-order valence-electron chi connectivity index (χ4n) is 3.51. The Hall–Kier alpha value is -3.54. The standard InChI is InChI=1S/C23H23N3O3/c1-17-15-19-9-5-6-10-21(19)25(26-13-11-22(27)24-26)16-20(17)23(28)29-14-12-18-7-3-2-4-8-18/h2-11,13,15,20H,12,14,16H2,1H3,(H,24,27). The molecule has 0 bridgehead atoms. The summed E-state index contributed by atoms with van der Waals surface area (Å²) in [5, 5.41) is 15.7. The van der Waals surface area contributed by atoms with E-state index >= 15 is 0 Å². The van der Waals surface area contributed by atoms with Crippen LogP contribution in [0.15, 0.2) is 72.4 Å². The van der Waals surface area contributed by atoms with Crippen LogP contribution in [0.1, 0.15) is 18.1 Å². The number of rotatable bonds is 5. The van der Waals surface area contributed by atoms with Crippen molar-refractivity contribution in [1.29, 1.82) is 0 Å². The second-order valence-electron chi connectivity index (χ2n) is 7.08. The van der Waals surface area contributed by atoms with Crippen LogP contribution in [0.2, 0.25) is 0 Å². The van der Waals surface area contributed by atoms with Crippen molar-refractivity contribution in [2.24, 2.45) is 5.92 Å². The zero-order valence-corrected chi connectivity index (χ0v) is 16.2. The van der Waals surface area contributed by atoms with Crippen LogP contribution in [0.5, 0.6) is 5.88 Å². The summed E-state index contributed by atoms with van der Waals surface area (Å²) in [7, 11) is 0. The van der Waals surface area contributed by atoms with Gasteiger partial charge in [-0.15, -0.1) is 5.10 Å². The maximum Gasteiger partial charge on any atom is 0.314 e. The quantitative estimate of drug-likeness (QED) is 0.675. The van der Waals surface area contributed by atoms with Crippen LogP contribution in [0, 0.1) is 5.92 Å². The first-order valence-corrected chi connectivity index (χ1v) is 9.62. The molecule has 6 nitrogen and oxygen atoms in total. The van der Waals surface area contributed by atoms with Crippen molar-refractivity contribution in [3.05, 3.63) is 83.6 Å². The molecule has 1 aliphatic heterocycles. The molecule has 1 aliphatic rings. The number of hydrogen-bond donors (Lipinski definition) is 1. The molecule has 3 aromatic rings. The fraction of sp³-hybridized carbons (Fsp3) is 0.217. The average molecular weight is 389 g/mol. The number of benzene rings is 2. The fourth-order valence-corrected chi connectivity index (χ4v) is 3.51. The molecule has 1 atom stereocenters. The Balaban J connectivity index is 1.54. The molecule has 29 heavy (non-hydrogen) atoms. The maximum atomic E-state index is 12.9. The van der Waals surface area contributed by atoms with Crippen molar-refractivity contribution in [3.63, 3.8) is 0 Å². The molecular weight excluding hydrogens is 366 g/mol. The molecule has 4 rings (SSSR count). The van der Waals surface area contributed by atoms with Gasteiger partial charge in [0.25, 0.3) is 0 Å². The Morgan fingerprint density at radius 1 is 1.14 bits per heavy atom. The highest BCUT2D eigenvalue weighted by Crippen LogP contribution is 2.31. The minimum absolute atomic E-state index is 0.0709. The van der Waals surface area contributed by atoms with Crippen LogP contribution >= 0.6 is 0 Å². The van der Waals surface area contributed by atoms with E-state index in [2.05, 4.69) is 5.10 Å². The molecule has 0 saturated heterocycles. The van der Waals surface area contributed by atoms with Gasteiger partial charge in [-0.1, -0.05) is 60.2 Å². The van der Waals surface area contributed by atoms with E-state index in [4.69, 9.17) is 4.74 Å². The molecular formula is C23H23N3O3. The molecule has 0 aliphatic carbocycles. The summed E-state index contributed by atoms with van der Waals surface area (Å²) in [5.74, 6) is -0.772. The van der Waals surface area contributed by atoms with Gasteiger partial charge in [0.1, 0.15) is 0 Å². The van der Waals surface area contributed by atoms with Gasteiger partial charge in [0, 0.05) is 12.5 Å². The van der Waals surface area contributed by atoms with Crippen LogP contribution in [-0.2, 0) is 16.0 Å². The molecule has 0 saturated carbocycles. The third kappa shape index (κ3) is 4.16. The number of carbonyl (C=O) groups is 1. The SMILES string of the molecule is CC1=Cc2ccccc2N(n2ccc(O)n2)CC1C(=O)OCCc1ccccc1. The van der Waals surface area contributed by atoms with Gasteiger partial charge in [0.05, 0.1) is 31.0 Å². The first-order chi connectivity index (χ1) is 14.1. The van der Waals surface area contributed by atoms with Crippen molar-refractivity contribution >= 4 is 17.7 Å². The highest BCUT2D eigenvalue weighted by atomic mass is 16.5. The second kappa shape index (κ2) is 8.22. The average Bonchev–Trinajstić information content (AvgIpc) is 3.09. The number of hydrogen-bond acceptors (Lipinski definition) is 5. The van der Waals surface area contributed by atoms with Crippen LogP contribution < -0.4 is 5.01 Å². The number of carbonyl (C=O) groups excluding carboxylic acids is 1. The van der Waals surface area contributed by atoms with Crippen LogP contribution in [0.4, 0.5) is 5.69 Å². The summed E-state index contributed by atoms with van der Waals surface area (Å²) < 4.78 is 5.61. The molecule has 1 aromatic heterocycles. The van der Waals surface area contributed by atoms with Crippen LogP contribution in [0.3, 0.4) is 0 Å². The molecule has 0 amide bonds. The summed E-state index contributed by atoms with van der Waals surface area (Å²) in [6, 6.07) is 19.3. The van der Waals surface area contributed by atoms with Crippen molar-refractivity contribution < 1.29 is 14.6 Å². The zero-order chi connectivity index (χ0) is 20.2. The van der Waals surface area contributed by atoms with Gasteiger partial charge in [0.2, 0.25) is 5.88 Å². The largest absolute Gasteiger partial charge is 0.492 e. The third-order valence-electron chi connectivity index (χ3n) is 5.07. The number of fused-ring (bicyclic) bond motifs is 1. The number of ether oxygens (including phenoxy) is 1. The smallest absolute Gasteiger partial charge is 0.314 e. The second-order valence-corrected chi connectivity index (χ2v) is 7.08. The van der Waals surface area contributed by atoms with E-state index in [-0.39, 0.29) is 11.8 Å². The topological polar surface area (TPSA) is 67.6 Å². The number of aromatic hydroxyl groups is 1. The van der Waals surface area contributed by atoms with Crippen LogP contribution in [0.25, 0.3) is 6.08 Å². The molecule has 1 N–H and O–H groups in total. The van der Waals surface area contributed by atoms with E-state index in [9.17, 15) is 9.90 Å². The Labute approximate surface area is 169 Å². The molecule has 2 aromatic carbocycles. The van der Waals surface area contributed by atoms with E-state index in [1.807, 2.05) is 72.6 Å². The van der Waals surface area contributed by atoms with Crippen molar-refractivity contribution in [1.82, 2.24) is 9.89 Å². The van der Waals surface area contributed by atoms with Gasteiger partial charge in [-0.25, -0.2) is 0 Å². The lowest BCUT2D eigenvalue weighted by atomic mass is 9.99. The predicted octanol–water partition coefficient (Wildman–Crippen LogP) is 3.68. The number of anilines is 1. The van der Waals surface area contributed by atoms with Gasteiger partial charge in [-0.05, 0) is 24.1 Å². The number of aromatic nitrogens is 2. The first-order valence-electron chi connectivity index (χ1n) is 9.62. The summed E-state index contributed by atoms with van der Waals surface area (Å²) in [5.41, 5.74) is 3.96. The van der Waals surface area contributed by atoms with Crippen LogP contribution in [-0.4, -0.2) is 34.1 Å². The highest BCUT2D eigenvalue weighted by molar-refractivity contribution is 5.82. The first kappa shape index (κ1) is 18.8. The number of para-hydroxylation sites is 1. The molecule has 6 heteroatoms. The van der Waals surface area contributed by atoms with E-state index in [0.717, 1.165) is 22.4 Å². The molecule has 2 heterocycles. The van der Waals surface area contributed by atoms with Crippen molar-refractivity contribution in [3.8, 4) is 5.88 Å². The third-order valence-corrected chi connectivity index (χ3v) is 5.07. The molecule has 148 valence electrons. The predicted molar refractivity (Wildman–Crippen MR) is 111 cm³/mol. The van der Waals surface area contributed by atoms with Gasteiger partial charge >= 0.3 is 5.97 Å². The summed E-state index contributed by atoms with van der Waals surface area (Å²) in [4.78, 5) is 14.5. The highest BCUT2D eigenvalue weighted by Gasteiger charge is 2.30. The van der Waals surface area contributed by atoms with Gasteiger partial charge in [0.15, 0.2) is 0 Å². The normalized spacial score (nSPS) is 16.0. The van der Waals surface area contributed by atoms with E-state index in [1.54, 1.807) is 11.0 Å². The van der Waals surface area contributed by atoms with E-state index < -0.39 is 5.92 Å². The minimum Gasteiger partial charge on any atom is -0.492 e. The molecule has 0 fully saturated rings. The monoisotopic (exact) mass is 389 g/mol. The molecule has 0 radical (unpaired) electrons. The number of esters is 1. The number of nitrogens with zero attached hydrogens (tertiary/aromatic N) is 3. The zero-order valence-electron chi connectivity index (χ0n) is 16.2. The minimum atomic E-state index is -0.440. The van der Waals surface area contributed by atoms with Gasteiger partial charge in [-0.2, -0.15) is 4.79 Å².